The van der Waals surface area contributed by atoms with Crippen LogP contribution in [-0.2, 0) is 6.61 Å². The third-order valence-corrected chi connectivity index (χ3v) is 2.80. The molecular weight excluding hydrogens is 202 g/mol. The molecule has 0 radical (unpaired) electrons. The normalized spacial score (nSPS) is 12.5. The van der Waals surface area contributed by atoms with Gasteiger partial charge in [-0.3, -0.25) is 0 Å². The molecule has 3 N–H and O–H groups in total. The van der Waals surface area contributed by atoms with E-state index in [0.29, 0.717) is 12.3 Å². The number of hydrogen-bond acceptors (Lipinski definition) is 3. The molecule has 1 heterocycles. The molecule has 3 rings (SSSR count). The van der Waals surface area contributed by atoms with Crippen LogP contribution in [0.4, 0.5) is 5.69 Å². The quantitative estimate of drug-likeness (QED) is 0.661. The predicted molar refractivity (Wildman–Crippen MR) is 62.3 cm³/mol. The van der Waals surface area contributed by atoms with Crippen LogP contribution in [0.25, 0.3) is 11.1 Å². The monoisotopic (exact) mass is 213 g/mol. The van der Waals surface area contributed by atoms with Gasteiger partial charge in [-0.05, 0) is 35.4 Å². The number of phenolic OH excluding ortho intramolecular Hbond substituents is 1. The van der Waals surface area contributed by atoms with Crippen LogP contribution in [-0.4, -0.2) is 5.11 Å². The first-order chi connectivity index (χ1) is 7.75. The molecule has 2 aromatic rings. The predicted octanol–water partition coefficient (Wildman–Crippen LogP) is 2.53. The van der Waals surface area contributed by atoms with Crippen molar-refractivity contribution in [3.8, 4) is 22.6 Å². The maximum Gasteiger partial charge on any atom is 0.129 e. The second-order valence-corrected chi connectivity index (χ2v) is 3.85. The second-order valence-electron chi connectivity index (χ2n) is 3.85. The molecule has 0 amide bonds. The molecule has 0 fully saturated rings. The fourth-order valence-electron chi connectivity index (χ4n) is 2.04. The van der Waals surface area contributed by atoms with Crippen LogP contribution in [0.15, 0.2) is 36.4 Å². The highest BCUT2D eigenvalue weighted by Crippen LogP contribution is 2.42. The summed E-state index contributed by atoms with van der Waals surface area (Å²) >= 11 is 0. The molecule has 3 nitrogen and oxygen atoms in total. The van der Waals surface area contributed by atoms with Gasteiger partial charge < -0.3 is 15.6 Å². The maximum absolute atomic E-state index is 9.52. The van der Waals surface area contributed by atoms with Crippen LogP contribution in [0, 0.1) is 0 Å². The standard InChI is InChI=1S/C13H11NO2/c14-11-2-1-3-12-13(11)10-6-9(15)5-4-8(10)7-16-12/h1-6,15H,7,14H2. The van der Waals surface area contributed by atoms with Crippen molar-refractivity contribution in [2.24, 2.45) is 0 Å². The number of nitrogen functional groups attached to an aromatic ring is 1. The van der Waals surface area contributed by atoms with Gasteiger partial charge in [0.1, 0.15) is 18.1 Å². The van der Waals surface area contributed by atoms with E-state index in [0.717, 1.165) is 22.4 Å². The Labute approximate surface area is 93.1 Å². The molecule has 3 heteroatoms. The highest BCUT2D eigenvalue weighted by atomic mass is 16.5. The summed E-state index contributed by atoms with van der Waals surface area (Å²) < 4.78 is 5.61. The van der Waals surface area contributed by atoms with Crippen LogP contribution >= 0.6 is 0 Å². The molecule has 0 saturated heterocycles. The van der Waals surface area contributed by atoms with E-state index in [1.165, 1.54) is 0 Å². The smallest absolute Gasteiger partial charge is 0.129 e. The lowest BCUT2D eigenvalue weighted by Gasteiger charge is -2.22. The Morgan fingerprint density at radius 2 is 2.06 bits per heavy atom. The fourth-order valence-corrected chi connectivity index (χ4v) is 2.04. The third-order valence-electron chi connectivity index (χ3n) is 2.80. The number of phenols is 1. The first-order valence-corrected chi connectivity index (χ1v) is 5.09. The van der Waals surface area contributed by atoms with Crippen LogP contribution in [0.2, 0.25) is 0 Å². The Balaban J connectivity index is 2.32. The third kappa shape index (κ3) is 1.21. The Morgan fingerprint density at radius 1 is 1.19 bits per heavy atom. The summed E-state index contributed by atoms with van der Waals surface area (Å²) in [5, 5.41) is 9.52. The van der Waals surface area contributed by atoms with E-state index in [1.54, 1.807) is 12.1 Å². The Morgan fingerprint density at radius 3 is 2.94 bits per heavy atom. The van der Waals surface area contributed by atoms with Crippen LogP contribution in [0.5, 0.6) is 11.5 Å². The Bertz CT molecular complexity index is 564. The van der Waals surface area contributed by atoms with E-state index in [2.05, 4.69) is 0 Å². The zero-order valence-electron chi connectivity index (χ0n) is 8.60. The summed E-state index contributed by atoms with van der Waals surface area (Å²) in [5.74, 6) is 1.02. The number of hydrogen-bond donors (Lipinski definition) is 2. The summed E-state index contributed by atoms with van der Waals surface area (Å²) in [6, 6.07) is 10.8. The molecule has 0 saturated carbocycles. The first kappa shape index (κ1) is 9.09. The molecule has 0 aliphatic carbocycles. The van der Waals surface area contributed by atoms with Crippen molar-refractivity contribution in [2.75, 3.05) is 5.73 Å². The molecule has 1 aliphatic rings. The molecule has 0 aromatic heterocycles. The van der Waals surface area contributed by atoms with Gasteiger partial charge in [0.15, 0.2) is 0 Å². The van der Waals surface area contributed by atoms with E-state index in [-0.39, 0.29) is 5.75 Å². The van der Waals surface area contributed by atoms with Crippen LogP contribution < -0.4 is 10.5 Å². The van der Waals surface area contributed by atoms with Gasteiger partial charge in [-0.15, -0.1) is 0 Å². The largest absolute Gasteiger partial charge is 0.508 e. The molecule has 0 unspecified atom stereocenters. The zero-order valence-corrected chi connectivity index (χ0v) is 8.60. The van der Waals surface area contributed by atoms with Gasteiger partial charge in [0.25, 0.3) is 0 Å². The van der Waals surface area contributed by atoms with Gasteiger partial charge in [-0.1, -0.05) is 12.1 Å². The summed E-state index contributed by atoms with van der Waals surface area (Å²) in [6.45, 7) is 0.520. The lowest BCUT2D eigenvalue weighted by Crippen LogP contribution is -2.06. The lowest BCUT2D eigenvalue weighted by molar-refractivity contribution is 0.302. The SMILES string of the molecule is Nc1cccc2c1-c1cc(O)ccc1CO2. The van der Waals surface area contributed by atoms with Gasteiger partial charge in [0.2, 0.25) is 0 Å². The summed E-state index contributed by atoms with van der Waals surface area (Å²) in [7, 11) is 0. The summed E-state index contributed by atoms with van der Waals surface area (Å²) in [5.41, 5.74) is 9.49. The molecule has 0 atom stereocenters. The number of fused-ring (bicyclic) bond motifs is 3. The van der Waals surface area contributed by atoms with Gasteiger partial charge in [-0.25, -0.2) is 0 Å². The highest BCUT2D eigenvalue weighted by Gasteiger charge is 2.19. The van der Waals surface area contributed by atoms with Gasteiger partial charge >= 0.3 is 0 Å². The maximum atomic E-state index is 9.52. The minimum Gasteiger partial charge on any atom is -0.508 e. The van der Waals surface area contributed by atoms with Crippen LogP contribution in [0.1, 0.15) is 5.56 Å². The second kappa shape index (κ2) is 3.17. The average molecular weight is 213 g/mol. The van der Waals surface area contributed by atoms with Crippen molar-refractivity contribution < 1.29 is 9.84 Å². The molecule has 16 heavy (non-hydrogen) atoms. The number of anilines is 1. The highest BCUT2D eigenvalue weighted by molar-refractivity contribution is 5.85. The molecular formula is C13H11NO2. The van der Waals surface area contributed by atoms with E-state index in [1.807, 2.05) is 24.3 Å². The molecule has 0 spiro atoms. The number of benzene rings is 2. The van der Waals surface area contributed by atoms with Crippen molar-refractivity contribution in [1.82, 2.24) is 0 Å². The van der Waals surface area contributed by atoms with E-state index in [9.17, 15) is 5.11 Å². The fraction of sp³-hybridized carbons (Fsp3) is 0.0769. The van der Waals surface area contributed by atoms with Crippen molar-refractivity contribution in [1.29, 1.82) is 0 Å². The first-order valence-electron chi connectivity index (χ1n) is 5.09. The van der Waals surface area contributed by atoms with Gasteiger partial charge in [0, 0.05) is 11.3 Å². The molecule has 1 aliphatic heterocycles. The van der Waals surface area contributed by atoms with Gasteiger partial charge in [-0.2, -0.15) is 0 Å². The van der Waals surface area contributed by atoms with Crippen molar-refractivity contribution in [3.05, 3.63) is 42.0 Å². The Kier molecular flexibility index (Phi) is 1.80. The molecule has 0 bridgehead atoms. The van der Waals surface area contributed by atoms with E-state index < -0.39 is 0 Å². The number of nitrogens with two attached hydrogens (primary N) is 1. The topological polar surface area (TPSA) is 55.5 Å². The average Bonchev–Trinajstić information content (AvgIpc) is 2.28. The van der Waals surface area contributed by atoms with E-state index >= 15 is 0 Å². The zero-order chi connectivity index (χ0) is 11.1. The van der Waals surface area contributed by atoms with Gasteiger partial charge in [0.05, 0.1) is 0 Å². The molecule has 2 aromatic carbocycles. The van der Waals surface area contributed by atoms with Crippen molar-refractivity contribution >= 4 is 5.69 Å². The van der Waals surface area contributed by atoms with Crippen LogP contribution in [0.3, 0.4) is 0 Å². The minimum atomic E-state index is 0.245. The minimum absolute atomic E-state index is 0.245. The van der Waals surface area contributed by atoms with E-state index in [4.69, 9.17) is 10.5 Å². The number of rotatable bonds is 0. The number of aromatic hydroxyl groups is 1. The lowest BCUT2D eigenvalue weighted by atomic mass is 9.95. The Hall–Kier alpha value is -2.16. The number of ether oxygens (including phenoxy) is 1. The van der Waals surface area contributed by atoms with Crippen molar-refractivity contribution in [3.63, 3.8) is 0 Å². The summed E-state index contributed by atoms with van der Waals surface area (Å²) in [6.07, 6.45) is 0. The molecule has 80 valence electrons. The summed E-state index contributed by atoms with van der Waals surface area (Å²) in [4.78, 5) is 0. The van der Waals surface area contributed by atoms with Crippen molar-refractivity contribution in [2.45, 2.75) is 6.61 Å².